The molecule has 20 heavy (non-hydrogen) atoms. The van der Waals surface area contributed by atoms with E-state index in [1.165, 1.54) is 0 Å². The van der Waals surface area contributed by atoms with Crippen LogP contribution in [0, 0.1) is 17.2 Å². The summed E-state index contributed by atoms with van der Waals surface area (Å²) in [6.07, 6.45) is 0.0183. The van der Waals surface area contributed by atoms with Gasteiger partial charge in [0.15, 0.2) is 0 Å². The summed E-state index contributed by atoms with van der Waals surface area (Å²) in [7, 11) is 0. The fraction of sp³-hybridized carbons (Fsp3) is 0.357. The normalized spacial score (nSPS) is 11.2. The highest BCUT2D eigenvalue weighted by Gasteiger charge is 2.09. The third kappa shape index (κ3) is 5.87. The van der Waals surface area contributed by atoms with Crippen molar-refractivity contribution in [1.82, 2.24) is 10.6 Å². The summed E-state index contributed by atoms with van der Waals surface area (Å²) in [5.41, 5.74) is 1.37. The van der Waals surface area contributed by atoms with E-state index in [1.54, 1.807) is 25.1 Å². The summed E-state index contributed by atoms with van der Waals surface area (Å²) in [5.74, 6) is -1.01. The van der Waals surface area contributed by atoms with E-state index in [-0.39, 0.29) is 18.4 Å². The van der Waals surface area contributed by atoms with Gasteiger partial charge in [0, 0.05) is 19.5 Å². The highest BCUT2D eigenvalue weighted by atomic mass is 16.4. The Hall–Kier alpha value is -2.55. The molecule has 0 aliphatic heterocycles. The maximum absolute atomic E-state index is 11.5. The first-order chi connectivity index (χ1) is 9.51. The highest BCUT2D eigenvalue weighted by Crippen LogP contribution is 2.03. The lowest BCUT2D eigenvalue weighted by atomic mass is 10.1. The van der Waals surface area contributed by atoms with Crippen LogP contribution < -0.4 is 10.6 Å². The first kappa shape index (κ1) is 15.5. The lowest BCUT2D eigenvalue weighted by molar-refractivity contribution is -0.137. The molecular weight excluding hydrogens is 258 g/mol. The molecule has 0 bridgehead atoms. The molecular formula is C14H17N3O3. The number of aliphatic carboxylic acids is 1. The highest BCUT2D eigenvalue weighted by molar-refractivity contribution is 5.74. The van der Waals surface area contributed by atoms with Crippen LogP contribution in [0.3, 0.4) is 0 Å². The number of rotatable bonds is 6. The second-order valence-electron chi connectivity index (χ2n) is 4.58. The van der Waals surface area contributed by atoms with E-state index >= 15 is 0 Å². The monoisotopic (exact) mass is 275 g/mol. The molecule has 1 rings (SSSR count). The van der Waals surface area contributed by atoms with Gasteiger partial charge in [-0.2, -0.15) is 5.26 Å². The van der Waals surface area contributed by atoms with E-state index in [0.29, 0.717) is 18.7 Å². The molecule has 2 amide bonds. The molecule has 106 valence electrons. The lowest BCUT2D eigenvalue weighted by Gasteiger charge is -2.11. The van der Waals surface area contributed by atoms with Crippen LogP contribution in [0.1, 0.15) is 24.5 Å². The number of nitriles is 1. The van der Waals surface area contributed by atoms with Crippen molar-refractivity contribution in [1.29, 1.82) is 5.26 Å². The summed E-state index contributed by atoms with van der Waals surface area (Å²) in [6, 6.07) is 8.63. The third-order valence-electron chi connectivity index (χ3n) is 2.64. The predicted molar refractivity (Wildman–Crippen MR) is 72.8 cm³/mol. The van der Waals surface area contributed by atoms with Crippen LogP contribution in [-0.4, -0.2) is 23.7 Å². The molecule has 0 heterocycles. The van der Waals surface area contributed by atoms with Crippen LogP contribution >= 0.6 is 0 Å². The van der Waals surface area contributed by atoms with Gasteiger partial charge < -0.3 is 15.7 Å². The molecule has 3 N–H and O–H groups in total. The van der Waals surface area contributed by atoms with Crippen molar-refractivity contribution in [3.05, 3.63) is 35.4 Å². The van der Waals surface area contributed by atoms with Crippen molar-refractivity contribution in [2.45, 2.75) is 19.9 Å². The number of benzene rings is 1. The fourth-order valence-electron chi connectivity index (χ4n) is 1.63. The lowest BCUT2D eigenvalue weighted by Crippen LogP contribution is -2.37. The van der Waals surface area contributed by atoms with Crippen LogP contribution in [0.25, 0.3) is 0 Å². The van der Waals surface area contributed by atoms with Gasteiger partial charge >= 0.3 is 12.0 Å². The zero-order chi connectivity index (χ0) is 15.0. The number of urea groups is 1. The van der Waals surface area contributed by atoms with E-state index in [4.69, 9.17) is 10.4 Å². The molecule has 6 nitrogen and oxygen atoms in total. The van der Waals surface area contributed by atoms with Gasteiger partial charge in [0.1, 0.15) is 0 Å². The van der Waals surface area contributed by atoms with Gasteiger partial charge in [-0.1, -0.05) is 19.1 Å². The van der Waals surface area contributed by atoms with Crippen molar-refractivity contribution < 1.29 is 14.7 Å². The molecule has 1 unspecified atom stereocenters. The Labute approximate surface area is 117 Å². The smallest absolute Gasteiger partial charge is 0.315 e. The van der Waals surface area contributed by atoms with Crippen molar-refractivity contribution in [2.75, 3.05) is 6.54 Å². The molecule has 0 aliphatic carbocycles. The van der Waals surface area contributed by atoms with Crippen LogP contribution in [0.15, 0.2) is 24.3 Å². The molecule has 0 saturated carbocycles. The maximum Gasteiger partial charge on any atom is 0.315 e. The van der Waals surface area contributed by atoms with Gasteiger partial charge in [-0.25, -0.2) is 4.79 Å². The molecule has 1 aromatic rings. The van der Waals surface area contributed by atoms with E-state index < -0.39 is 5.97 Å². The van der Waals surface area contributed by atoms with Gasteiger partial charge in [-0.3, -0.25) is 4.79 Å². The number of carboxylic acids is 1. The zero-order valence-corrected chi connectivity index (χ0v) is 11.2. The van der Waals surface area contributed by atoms with Crippen molar-refractivity contribution >= 4 is 12.0 Å². The standard InChI is InChI=1S/C14H17N3O3/c1-10(5-13(18)19)8-16-14(20)17-9-12-4-2-3-11(6-12)7-15/h2-4,6,10H,5,8-9H2,1H3,(H,18,19)(H2,16,17,20). The summed E-state index contributed by atoms with van der Waals surface area (Å²) < 4.78 is 0. The first-order valence-electron chi connectivity index (χ1n) is 6.23. The van der Waals surface area contributed by atoms with Crippen LogP contribution in [-0.2, 0) is 11.3 Å². The van der Waals surface area contributed by atoms with Crippen molar-refractivity contribution in [2.24, 2.45) is 5.92 Å². The Morgan fingerprint density at radius 2 is 2.15 bits per heavy atom. The Balaban J connectivity index is 2.33. The number of carboxylic acid groups (broad SMARTS) is 1. The van der Waals surface area contributed by atoms with E-state index in [2.05, 4.69) is 10.6 Å². The largest absolute Gasteiger partial charge is 0.481 e. The van der Waals surface area contributed by atoms with Crippen LogP contribution in [0.4, 0.5) is 4.79 Å². The molecule has 0 radical (unpaired) electrons. The second-order valence-corrected chi connectivity index (χ2v) is 4.58. The molecule has 0 spiro atoms. The van der Waals surface area contributed by atoms with E-state index in [9.17, 15) is 9.59 Å². The Bertz CT molecular complexity index is 523. The van der Waals surface area contributed by atoms with Crippen molar-refractivity contribution in [3.8, 4) is 6.07 Å². The molecule has 1 aromatic carbocycles. The number of hydrogen-bond donors (Lipinski definition) is 3. The van der Waals surface area contributed by atoms with E-state index in [1.807, 2.05) is 12.1 Å². The number of carbonyl (C=O) groups is 2. The minimum absolute atomic E-state index is 0.0183. The van der Waals surface area contributed by atoms with Crippen LogP contribution in [0.5, 0.6) is 0 Å². The summed E-state index contributed by atoms with van der Waals surface area (Å²) in [6.45, 7) is 2.37. The Kier molecular flexibility index (Phi) is 6.04. The fourth-order valence-corrected chi connectivity index (χ4v) is 1.63. The predicted octanol–water partition coefficient (Wildman–Crippen LogP) is 1.47. The molecule has 6 heteroatoms. The van der Waals surface area contributed by atoms with Gasteiger partial charge in [0.25, 0.3) is 0 Å². The van der Waals surface area contributed by atoms with Crippen LogP contribution in [0.2, 0.25) is 0 Å². The minimum Gasteiger partial charge on any atom is -0.481 e. The van der Waals surface area contributed by atoms with Crippen molar-refractivity contribution in [3.63, 3.8) is 0 Å². The quantitative estimate of drug-likeness (QED) is 0.731. The van der Waals surface area contributed by atoms with Gasteiger partial charge in [0.2, 0.25) is 0 Å². The van der Waals surface area contributed by atoms with E-state index in [0.717, 1.165) is 5.56 Å². The van der Waals surface area contributed by atoms with Gasteiger partial charge in [-0.05, 0) is 23.6 Å². The molecule has 0 aliphatic rings. The van der Waals surface area contributed by atoms with Gasteiger partial charge in [0.05, 0.1) is 11.6 Å². The molecule has 0 aromatic heterocycles. The average Bonchev–Trinajstić information content (AvgIpc) is 2.42. The first-order valence-corrected chi connectivity index (χ1v) is 6.23. The zero-order valence-electron chi connectivity index (χ0n) is 11.2. The maximum atomic E-state index is 11.5. The number of carbonyl (C=O) groups excluding carboxylic acids is 1. The average molecular weight is 275 g/mol. The summed E-state index contributed by atoms with van der Waals surface area (Å²) in [5, 5.41) is 22.6. The summed E-state index contributed by atoms with van der Waals surface area (Å²) in [4.78, 5) is 22.0. The number of hydrogen-bond acceptors (Lipinski definition) is 3. The molecule has 1 atom stereocenters. The number of amides is 2. The number of nitrogens with one attached hydrogen (secondary N) is 2. The third-order valence-corrected chi connectivity index (χ3v) is 2.64. The second kappa shape index (κ2) is 7.79. The van der Waals surface area contributed by atoms with Gasteiger partial charge in [-0.15, -0.1) is 0 Å². The molecule has 0 fully saturated rings. The Morgan fingerprint density at radius 3 is 2.80 bits per heavy atom. The summed E-state index contributed by atoms with van der Waals surface area (Å²) >= 11 is 0. The molecule has 0 saturated heterocycles. The minimum atomic E-state index is -0.881. The number of nitrogens with zero attached hydrogens (tertiary/aromatic N) is 1. The topological polar surface area (TPSA) is 102 Å². The Morgan fingerprint density at radius 1 is 1.40 bits per heavy atom. The SMILES string of the molecule is CC(CNC(=O)NCc1cccc(C#N)c1)CC(=O)O.